The lowest BCUT2D eigenvalue weighted by Gasteiger charge is -2.29. The topological polar surface area (TPSA) is 45.6 Å². The predicted octanol–water partition coefficient (Wildman–Crippen LogP) is 3.81. The number of ether oxygens (including phenoxy) is 1. The SMILES string of the molecule is COc1cccc(-n2cccc2[C@H]2[C@H](c3ccccn3)NC(=S)N2CCCN(C)C)c1. The Kier molecular flexibility index (Phi) is 6.53. The van der Waals surface area contributed by atoms with Crippen molar-refractivity contribution in [2.24, 2.45) is 0 Å². The average Bonchev–Trinajstić information content (AvgIpc) is 3.39. The maximum absolute atomic E-state index is 5.79. The fourth-order valence-corrected chi connectivity index (χ4v) is 4.49. The molecule has 2 aromatic heterocycles. The van der Waals surface area contributed by atoms with Crippen LogP contribution in [0.15, 0.2) is 67.0 Å². The van der Waals surface area contributed by atoms with Crippen LogP contribution in [-0.2, 0) is 0 Å². The van der Waals surface area contributed by atoms with Gasteiger partial charge in [0.2, 0.25) is 0 Å². The van der Waals surface area contributed by atoms with E-state index in [1.807, 2.05) is 30.5 Å². The summed E-state index contributed by atoms with van der Waals surface area (Å²) in [5.74, 6) is 0.835. The van der Waals surface area contributed by atoms with Gasteiger partial charge in [-0.25, -0.2) is 0 Å². The van der Waals surface area contributed by atoms with Gasteiger partial charge in [-0.15, -0.1) is 0 Å². The molecule has 0 unspecified atom stereocenters. The van der Waals surface area contributed by atoms with Gasteiger partial charge in [0.1, 0.15) is 5.75 Å². The average molecular weight is 436 g/mol. The van der Waals surface area contributed by atoms with Crippen LogP contribution >= 0.6 is 12.2 Å². The van der Waals surface area contributed by atoms with Crippen LogP contribution in [0.5, 0.6) is 5.75 Å². The van der Waals surface area contributed by atoms with E-state index in [2.05, 4.69) is 75.3 Å². The van der Waals surface area contributed by atoms with Crippen molar-refractivity contribution >= 4 is 17.3 Å². The third-order valence-electron chi connectivity index (χ3n) is 5.62. The fraction of sp³-hybridized carbons (Fsp3) is 0.333. The van der Waals surface area contributed by atoms with E-state index in [0.717, 1.165) is 41.8 Å². The van der Waals surface area contributed by atoms with Gasteiger partial charge in [0.05, 0.1) is 24.9 Å². The molecule has 1 aromatic carbocycles. The number of methoxy groups -OCH3 is 1. The summed E-state index contributed by atoms with van der Waals surface area (Å²) in [5.41, 5.74) is 3.22. The first-order valence-corrected chi connectivity index (χ1v) is 10.9. The molecule has 31 heavy (non-hydrogen) atoms. The van der Waals surface area contributed by atoms with Gasteiger partial charge >= 0.3 is 0 Å². The molecule has 6 nitrogen and oxygen atoms in total. The first-order chi connectivity index (χ1) is 15.1. The van der Waals surface area contributed by atoms with E-state index in [4.69, 9.17) is 17.0 Å². The highest BCUT2D eigenvalue weighted by Crippen LogP contribution is 2.39. The van der Waals surface area contributed by atoms with Crippen molar-refractivity contribution in [2.45, 2.75) is 18.5 Å². The largest absolute Gasteiger partial charge is 0.497 e. The highest BCUT2D eigenvalue weighted by atomic mass is 32.1. The van der Waals surface area contributed by atoms with Crippen molar-refractivity contribution in [1.29, 1.82) is 0 Å². The predicted molar refractivity (Wildman–Crippen MR) is 128 cm³/mol. The van der Waals surface area contributed by atoms with E-state index in [9.17, 15) is 0 Å². The molecule has 0 spiro atoms. The molecule has 1 aliphatic heterocycles. The Hall–Kier alpha value is -2.90. The molecule has 1 saturated heterocycles. The van der Waals surface area contributed by atoms with Gasteiger partial charge in [-0.2, -0.15) is 0 Å². The van der Waals surface area contributed by atoms with Crippen LogP contribution < -0.4 is 10.1 Å². The van der Waals surface area contributed by atoms with Crippen molar-refractivity contribution in [1.82, 2.24) is 24.7 Å². The molecule has 0 amide bonds. The summed E-state index contributed by atoms with van der Waals surface area (Å²) < 4.78 is 7.67. The van der Waals surface area contributed by atoms with E-state index in [-0.39, 0.29) is 12.1 Å². The van der Waals surface area contributed by atoms with Gasteiger partial charge in [0, 0.05) is 36.4 Å². The van der Waals surface area contributed by atoms with E-state index in [1.54, 1.807) is 7.11 Å². The molecule has 3 aromatic rings. The summed E-state index contributed by atoms with van der Waals surface area (Å²) in [6.45, 7) is 1.89. The molecule has 0 radical (unpaired) electrons. The Balaban J connectivity index is 1.74. The first kappa shape index (κ1) is 21.3. The monoisotopic (exact) mass is 435 g/mol. The molecule has 162 valence electrons. The van der Waals surface area contributed by atoms with E-state index in [1.165, 1.54) is 5.69 Å². The molecular weight excluding hydrogens is 406 g/mol. The Morgan fingerprint density at radius 1 is 1.13 bits per heavy atom. The first-order valence-electron chi connectivity index (χ1n) is 10.5. The number of nitrogens with zero attached hydrogens (tertiary/aromatic N) is 4. The molecule has 1 aliphatic rings. The third kappa shape index (κ3) is 4.57. The smallest absolute Gasteiger partial charge is 0.170 e. The lowest BCUT2D eigenvalue weighted by molar-refractivity contribution is 0.286. The number of pyridine rings is 1. The van der Waals surface area contributed by atoms with Crippen LogP contribution in [0.1, 0.15) is 29.9 Å². The van der Waals surface area contributed by atoms with Crippen LogP contribution in [0.3, 0.4) is 0 Å². The van der Waals surface area contributed by atoms with Crippen LogP contribution in [0.25, 0.3) is 5.69 Å². The maximum atomic E-state index is 5.79. The molecule has 7 heteroatoms. The molecule has 1 N–H and O–H groups in total. The Bertz CT molecular complexity index is 1020. The highest BCUT2D eigenvalue weighted by Gasteiger charge is 2.40. The second-order valence-corrected chi connectivity index (χ2v) is 8.37. The summed E-state index contributed by atoms with van der Waals surface area (Å²) in [4.78, 5) is 9.16. The van der Waals surface area contributed by atoms with Crippen molar-refractivity contribution in [3.05, 3.63) is 78.4 Å². The zero-order valence-corrected chi connectivity index (χ0v) is 19.0. The second kappa shape index (κ2) is 9.49. The second-order valence-electron chi connectivity index (χ2n) is 7.98. The van der Waals surface area contributed by atoms with Crippen LogP contribution in [-0.4, -0.2) is 58.8 Å². The molecule has 0 saturated carbocycles. The van der Waals surface area contributed by atoms with Gasteiger partial charge < -0.3 is 24.4 Å². The normalized spacial score (nSPS) is 18.5. The van der Waals surface area contributed by atoms with Gasteiger partial charge in [-0.1, -0.05) is 12.1 Å². The van der Waals surface area contributed by atoms with Crippen molar-refractivity contribution in [3.63, 3.8) is 0 Å². The standard InChI is InChI=1S/C24H29N5OS/c1-27(2)14-8-16-29-23(22(26-24(29)31)20-11-4-5-13-25-20)21-12-7-15-28(21)18-9-6-10-19(17-18)30-3/h4-7,9-13,15,17,22-23H,8,14,16H2,1-3H3,(H,26,31)/t22-,23-/m0/s1. The Labute approximate surface area is 189 Å². The molecular formula is C24H29N5OS. The molecule has 0 aliphatic carbocycles. The molecule has 2 atom stereocenters. The number of benzene rings is 1. The number of hydrogen-bond donors (Lipinski definition) is 1. The number of aromatic nitrogens is 2. The fourth-order valence-electron chi connectivity index (χ4n) is 4.16. The Morgan fingerprint density at radius 3 is 2.74 bits per heavy atom. The molecule has 1 fully saturated rings. The van der Waals surface area contributed by atoms with Gasteiger partial charge in [0.15, 0.2) is 5.11 Å². The van der Waals surface area contributed by atoms with E-state index in [0.29, 0.717) is 0 Å². The minimum atomic E-state index is -0.0210. The highest BCUT2D eigenvalue weighted by molar-refractivity contribution is 7.80. The molecule has 3 heterocycles. The quantitative estimate of drug-likeness (QED) is 0.543. The minimum absolute atomic E-state index is 0.0210. The van der Waals surface area contributed by atoms with Crippen LogP contribution in [0.4, 0.5) is 0 Å². The molecule has 0 bridgehead atoms. The van der Waals surface area contributed by atoms with Crippen molar-refractivity contribution < 1.29 is 4.74 Å². The summed E-state index contributed by atoms with van der Waals surface area (Å²) in [7, 11) is 5.89. The lowest BCUT2D eigenvalue weighted by Crippen LogP contribution is -2.32. The van der Waals surface area contributed by atoms with E-state index < -0.39 is 0 Å². The molecule has 4 rings (SSSR count). The number of hydrogen-bond acceptors (Lipinski definition) is 4. The minimum Gasteiger partial charge on any atom is -0.497 e. The zero-order chi connectivity index (χ0) is 21.8. The lowest BCUT2D eigenvalue weighted by atomic mass is 10.0. The van der Waals surface area contributed by atoms with E-state index >= 15 is 0 Å². The summed E-state index contributed by atoms with van der Waals surface area (Å²) in [5, 5.41) is 4.32. The van der Waals surface area contributed by atoms with Gasteiger partial charge in [0.25, 0.3) is 0 Å². The van der Waals surface area contributed by atoms with Crippen molar-refractivity contribution in [3.8, 4) is 11.4 Å². The summed E-state index contributed by atoms with van der Waals surface area (Å²) in [6.07, 6.45) is 4.96. The van der Waals surface area contributed by atoms with Crippen molar-refractivity contribution in [2.75, 3.05) is 34.3 Å². The van der Waals surface area contributed by atoms with Crippen LogP contribution in [0, 0.1) is 0 Å². The maximum Gasteiger partial charge on any atom is 0.170 e. The number of nitrogens with one attached hydrogen (secondary N) is 1. The van der Waals surface area contributed by atoms with Gasteiger partial charge in [-0.3, -0.25) is 4.98 Å². The number of thiocarbonyl (C=S) groups is 1. The van der Waals surface area contributed by atoms with Crippen LogP contribution in [0.2, 0.25) is 0 Å². The van der Waals surface area contributed by atoms with Gasteiger partial charge in [-0.05, 0) is 75.7 Å². The Morgan fingerprint density at radius 2 is 2.00 bits per heavy atom. The third-order valence-corrected chi connectivity index (χ3v) is 5.97. The summed E-state index contributed by atoms with van der Waals surface area (Å²) >= 11 is 5.79. The number of rotatable bonds is 8. The zero-order valence-electron chi connectivity index (χ0n) is 18.2. The summed E-state index contributed by atoms with van der Waals surface area (Å²) in [6, 6.07) is 18.4.